The molecule has 0 aliphatic carbocycles. The zero-order chi connectivity index (χ0) is 21.0. The second-order valence-corrected chi connectivity index (χ2v) is 8.81. The number of ether oxygens (including phenoxy) is 2. The molecule has 7 nitrogen and oxygen atoms in total. The second kappa shape index (κ2) is 8.73. The molecule has 3 rings (SSSR count). The predicted octanol–water partition coefficient (Wildman–Crippen LogP) is 2.83. The summed E-state index contributed by atoms with van der Waals surface area (Å²) in [5.41, 5.74) is 1.45. The molecule has 0 bridgehead atoms. The minimum atomic E-state index is -4.00. The Bertz CT molecular complexity index is 967. The second-order valence-electron chi connectivity index (χ2n) is 6.95. The van der Waals surface area contributed by atoms with Crippen molar-refractivity contribution in [1.82, 2.24) is 4.90 Å². The molecule has 1 heterocycles. The van der Waals surface area contributed by atoms with Crippen molar-refractivity contribution in [2.75, 3.05) is 38.2 Å². The maximum absolute atomic E-state index is 13.5. The highest BCUT2D eigenvalue weighted by Gasteiger charge is 2.30. The molecule has 1 aliphatic rings. The van der Waals surface area contributed by atoms with E-state index in [1.165, 1.54) is 26.4 Å². The number of aryl methyl sites for hydroxylation is 1. The molecule has 2 aromatic rings. The minimum absolute atomic E-state index is 0.0324. The number of rotatable bonds is 7. The van der Waals surface area contributed by atoms with E-state index >= 15 is 0 Å². The molecule has 0 atom stereocenters. The SMILES string of the molecule is COc1ccc(S(=O)(=O)N(CC(=O)N2CCCC2)c2ccc(C)cc2)cc1OC. The summed E-state index contributed by atoms with van der Waals surface area (Å²) >= 11 is 0. The van der Waals surface area contributed by atoms with Crippen LogP contribution in [0.2, 0.25) is 0 Å². The number of hydrogen-bond donors (Lipinski definition) is 0. The molecule has 29 heavy (non-hydrogen) atoms. The van der Waals surface area contributed by atoms with Gasteiger partial charge in [-0.1, -0.05) is 17.7 Å². The van der Waals surface area contributed by atoms with E-state index in [9.17, 15) is 13.2 Å². The standard InChI is InChI=1S/C21H26N2O5S/c1-16-6-8-17(9-7-16)23(15-21(24)22-12-4-5-13-22)29(25,26)18-10-11-19(27-2)20(14-18)28-3/h6-11,14H,4-5,12-13,15H2,1-3H3. The highest BCUT2D eigenvalue weighted by atomic mass is 32.2. The molecule has 156 valence electrons. The Morgan fingerprint density at radius 2 is 1.62 bits per heavy atom. The lowest BCUT2D eigenvalue weighted by molar-refractivity contribution is -0.128. The number of carbonyl (C=O) groups excluding carboxylic acids is 1. The van der Waals surface area contributed by atoms with Gasteiger partial charge in [0.15, 0.2) is 11.5 Å². The molecule has 2 aromatic carbocycles. The lowest BCUT2D eigenvalue weighted by Crippen LogP contribution is -2.42. The van der Waals surface area contributed by atoms with E-state index in [0.29, 0.717) is 30.3 Å². The molecule has 1 aliphatic heterocycles. The summed E-state index contributed by atoms with van der Waals surface area (Å²) in [7, 11) is -1.07. The maximum atomic E-state index is 13.5. The van der Waals surface area contributed by atoms with Gasteiger partial charge in [-0.2, -0.15) is 0 Å². The van der Waals surface area contributed by atoms with Crippen molar-refractivity contribution in [3.8, 4) is 11.5 Å². The third-order valence-electron chi connectivity index (χ3n) is 5.00. The Labute approximate surface area is 171 Å². The first kappa shape index (κ1) is 21.0. The Balaban J connectivity index is 2.01. The van der Waals surface area contributed by atoms with Crippen molar-refractivity contribution in [1.29, 1.82) is 0 Å². The number of hydrogen-bond acceptors (Lipinski definition) is 5. The number of carbonyl (C=O) groups is 1. The average molecular weight is 419 g/mol. The van der Waals surface area contributed by atoms with Crippen LogP contribution in [0.15, 0.2) is 47.4 Å². The molecular weight excluding hydrogens is 392 g/mol. The van der Waals surface area contributed by atoms with Gasteiger partial charge in [-0.25, -0.2) is 8.42 Å². The number of sulfonamides is 1. The van der Waals surface area contributed by atoms with Crippen LogP contribution >= 0.6 is 0 Å². The van der Waals surface area contributed by atoms with E-state index in [1.54, 1.807) is 23.1 Å². The molecule has 1 fully saturated rings. The van der Waals surface area contributed by atoms with E-state index < -0.39 is 10.0 Å². The van der Waals surface area contributed by atoms with Gasteiger partial charge >= 0.3 is 0 Å². The number of likely N-dealkylation sites (tertiary alicyclic amines) is 1. The summed E-state index contributed by atoms with van der Waals surface area (Å²) in [4.78, 5) is 14.5. The molecule has 0 aromatic heterocycles. The summed E-state index contributed by atoms with van der Waals surface area (Å²) < 4.78 is 38.6. The molecule has 0 radical (unpaired) electrons. The minimum Gasteiger partial charge on any atom is -0.493 e. The lowest BCUT2D eigenvalue weighted by atomic mass is 10.2. The number of nitrogens with zero attached hydrogens (tertiary/aromatic N) is 2. The number of benzene rings is 2. The van der Waals surface area contributed by atoms with Crippen LogP contribution in [0.4, 0.5) is 5.69 Å². The lowest BCUT2D eigenvalue weighted by Gasteiger charge is -2.26. The first-order valence-electron chi connectivity index (χ1n) is 9.46. The molecule has 8 heteroatoms. The highest BCUT2D eigenvalue weighted by Crippen LogP contribution is 2.32. The summed E-state index contributed by atoms with van der Waals surface area (Å²) in [5.74, 6) is 0.539. The van der Waals surface area contributed by atoms with E-state index in [4.69, 9.17) is 9.47 Å². The van der Waals surface area contributed by atoms with Crippen LogP contribution in [0, 0.1) is 6.92 Å². The topological polar surface area (TPSA) is 76.2 Å². The maximum Gasteiger partial charge on any atom is 0.264 e. The van der Waals surface area contributed by atoms with E-state index in [-0.39, 0.29) is 17.3 Å². The Morgan fingerprint density at radius 3 is 2.21 bits per heavy atom. The fourth-order valence-electron chi connectivity index (χ4n) is 3.32. The van der Waals surface area contributed by atoms with Crippen molar-refractivity contribution in [2.45, 2.75) is 24.7 Å². The number of amides is 1. The highest BCUT2D eigenvalue weighted by molar-refractivity contribution is 7.92. The van der Waals surface area contributed by atoms with E-state index in [1.807, 2.05) is 19.1 Å². The van der Waals surface area contributed by atoms with Crippen LogP contribution in [-0.2, 0) is 14.8 Å². The Morgan fingerprint density at radius 1 is 1.00 bits per heavy atom. The summed E-state index contributed by atoms with van der Waals surface area (Å²) in [6.07, 6.45) is 1.89. The molecule has 0 saturated carbocycles. The van der Waals surface area contributed by atoms with Gasteiger partial charge in [0.1, 0.15) is 6.54 Å². The van der Waals surface area contributed by atoms with Crippen molar-refractivity contribution >= 4 is 21.6 Å². The van der Waals surface area contributed by atoms with Crippen molar-refractivity contribution in [3.05, 3.63) is 48.0 Å². The normalized spacial score (nSPS) is 14.0. The van der Waals surface area contributed by atoms with Crippen molar-refractivity contribution < 1.29 is 22.7 Å². The first-order chi connectivity index (χ1) is 13.9. The average Bonchev–Trinajstić information content (AvgIpc) is 3.27. The zero-order valence-corrected chi connectivity index (χ0v) is 17.7. The fourth-order valence-corrected chi connectivity index (χ4v) is 4.75. The van der Waals surface area contributed by atoms with E-state index in [0.717, 1.165) is 22.7 Å². The number of anilines is 1. The monoisotopic (exact) mass is 418 g/mol. The number of methoxy groups -OCH3 is 2. The molecular formula is C21H26N2O5S. The van der Waals surface area contributed by atoms with Gasteiger partial charge in [0.25, 0.3) is 10.0 Å². The van der Waals surface area contributed by atoms with Gasteiger partial charge in [0.05, 0.1) is 24.8 Å². The predicted molar refractivity (Wildman–Crippen MR) is 111 cm³/mol. The van der Waals surface area contributed by atoms with Gasteiger partial charge in [0.2, 0.25) is 5.91 Å². The van der Waals surface area contributed by atoms with E-state index in [2.05, 4.69) is 0 Å². The summed E-state index contributed by atoms with van der Waals surface area (Å²) in [6, 6.07) is 11.5. The van der Waals surface area contributed by atoms with Crippen molar-refractivity contribution in [2.24, 2.45) is 0 Å². The van der Waals surface area contributed by atoms with Crippen molar-refractivity contribution in [3.63, 3.8) is 0 Å². The molecule has 0 unspecified atom stereocenters. The van der Waals surface area contributed by atoms with Crippen LogP contribution in [0.5, 0.6) is 11.5 Å². The van der Waals surface area contributed by atoms with Gasteiger partial charge in [-0.15, -0.1) is 0 Å². The van der Waals surface area contributed by atoms with Crippen LogP contribution < -0.4 is 13.8 Å². The largest absolute Gasteiger partial charge is 0.493 e. The molecule has 0 spiro atoms. The Hall–Kier alpha value is -2.74. The van der Waals surface area contributed by atoms with Crippen LogP contribution in [0.25, 0.3) is 0 Å². The van der Waals surface area contributed by atoms with Gasteiger partial charge < -0.3 is 14.4 Å². The fraction of sp³-hybridized carbons (Fsp3) is 0.381. The zero-order valence-electron chi connectivity index (χ0n) is 16.9. The Kier molecular flexibility index (Phi) is 6.32. The van der Waals surface area contributed by atoms with Gasteiger partial charge in [-0.3, -0.25) is 9.10 Å². The molecule has 1 amide bonds. The smallest absolute Gasteiger partial charge is 0.264 e. The first-order valence-corrected chi connectivity index (χ1v) is 10.9. The molecule has 1 saturated heterocycles. The van der Waals surface area contributed by atoms with Crippen LogP contribution in [-0.4, -0.2) is 53.1 Å². The summed E-state index contributed by atoms with van der Waals surface area (Å²) in [6.45, 7) is 3.00. The third kappa shape index (κ3) is 4.48. The van der Waals surface area contributed by atoms with Crippen LogP contribution in [0.3, 0.4) is 0 Å². The molecule has 0 N–H and O–H groups in total. The summed E-state index contributed by atoms with van der Waals surface area (Å²) in [5, 5.41) is 0. The quantitative estimate of drug-likeness (QED) is 0.691. The van der Waals surface area contributed by atoms with Gasteiger partial charge in [-0.05, 0) is 44.0 Å². The third-order valence-corrected chi connectivity index (χ3v) is 6.77. The van der Waals surface area contributed by atoms with Crippen LogP contribution in [0.1, 0.15) is 18.4 Å². The van der Waals surface area contributed by atoms with Gasteiger partial charge in [0, 0.05) is 19.2 Å².